The summed E-state index contributed by atoms with van der Waals surface area (Å²) < 4.78 is 0. The van der Waals surface area contributed by atoms with E-state index in [9.17, 15) is 9.59 Å². The SMILES string of the molecule is CC(N)CC(=O)Nc1ccccc1C(=O)NC1CC1.Cl. The molecule has 2 rings (SSSR count). The Morgan fingerprint density at radius 2 is 2.00 bits per heavy atom. The molecule has 4 N–H and O–H groups in total. The first-order valence-electron chi connectivity index (χ1n) is 6.51. The molecule has 20 heavy (non-hydrogen) atoms. The van der Waals surface area contributed by atoms with Crippen LogP contribution in [0.1, 0.15) is 36.5 Å². The summed E-state index contributed by atoms with van der Waals surface area (Å²) in [6.45, 7) is 1.77. The van der Waals surface area contributed by atoms with Crippen molar-refractivity contribution in [3.63, 3.8) is 0 Å². The maximum atomic E-state index is 12.0. The second-order valence-electron chi connectivity index (χ2n) is 5.02. The average molecular weight is 298 g/mol. The Balaban J connectivity index is 0.00000200. The molecule has 1 aliphatic rings. The first-order valence-corrected chi connectivity index (χ1v) is 6.51. The van der Waals surface area contributed by atoms with Gasteiger partial charge in [-0.15, -0.1) is 12.4 Å². The molecule has 1 unspecified atom stereocenters. The van der Waals surface area contributed by atoms with Gasteiger partial charge in [0.15, 0.2) is 0 Å². The molecule has 0 bridgehead atoms. The molecule has 0 saturated heterocycles. The van der Waals surface area contributed by atoms with Crippen molar-refractivity contribution in [1.29, 1.82) is 0 Å². The number of rotatable bonds is 5. The number of anilines is 1. The fourth-order valence-corrected chi connectivity index (χ4v) is 1.77. The van der Waals surface area contributed by atoms with Crippen LogP contribution in [0.4, 0.5) is 5.69 Å². The molecule has 110 valence electrons. The summed E-state index contributed by atoms with van der Waals surface area (Å²) in [4.78, 5) is 23.7. The Morgan fingerprint density at radius 1 is 1.35 bits per heavy atom. The maximum Gasteiger partial charge on any atom is 0.253 e. The van der Waals surface area contributed by atoms with Gasteiger partial charge in [0.1, 0.15) is 0 Å². The maximum absolute atomic E-state index is 12.0. The Labute approximate surface area is 124 Å². The number of benzene rings is 1. The predicted octanol–water partition coefficient (Wildman–Crippen LogP) is 1.68. The van der Waals surface area contributed by atoms with Gasteiger partial charge >= 0.3 is 0 Å². The van der Waals surface area contributed by atoms with Crippen LogP contribution in [-0.2, 0) is 4.79 Å². The van der Waals surface area contributed by atoms with Gasteiger partial charge in [-0.25, -0.2) is 0 Å². The number of nitrogens with two attached hydrogens (primary N) is 1. The largest absolute Gasteiger partial charge is 0.349 e. The Hall–Kier alpha value is -1.59. The molecule has 5 nitrogen and oxygen atoms in total. The van der Waals surface area contributed by atoms with Gasteiger partial charge in [0.25, 0.3) is 5.91 Å². The predicted molar refractivity (Wildman–Crippen MR) is 81.1 cm³/mol. The van der Waals surface area contributed by atoms with E-state index < -0.39 is 0 Å². The minimum atomic E-state index is -0.201. The van der Waals surface area contributed by atoms with Crippen LogP contribution >= 0.6 is 12.4 Å². The quantitative estimate of drug-likeness (QED) is 0.773. The number of carbonyl (C=O) groups is 2. The van der Waals surface area contributed by atoms with Crippen LogP contribution in [0.5, 0.6) is 0 Å². The third-order valence-corrected chi connectivity index (χ3v) is 2.87. The van der Waals surface area contributed by atoms with Crippen molar-refractivity contribution in [2.45, 2.75) is 38.3 Å². The highest BCUT2D eigenvalue weighted by atomic mass is 35.5. The van der Waals surface area contributed by atoms with E-state index in [0.717, 1.165) is 12.8 Å². The molecule has 6 heteroatoms. The standard InChI is InChI=1S/C14H19N3O2.ClH/c1-9(15)8-13(18)17-12-5-3-2-4-11(12)14(19)16-10-6-7-10;/h2-5,9-10H,6-8,15H2,1H3,(H,16,19)(H,17,18);1H. The second-order valence-corrected chi connectivity index (χ2v) is 5.02. The third-order valence-electron chi connectivity index (χ3n) is 2.87. The van der Waals surface area contributed by atoms with E-state index in [1.807, 2.05) is 0 Å². The van der Waals surface area contributed by atoms with Crippen LogP contribution in [0.3, 0.4) is 0 Å². The molecule has 0 aliphatic heterocycles. The van der Waals surface area contributed by atoms with Crippen molar-refractivity contribution in [2.75, 3.05) is 5.32 Å². The molecule has 1 aliphatic carbocycles. The average Bonchev–Trinajstić information content (AvgIpc) is 3.12. The van der Waals surface area contributed by atoms with Crippen molar-refractivity contribution >= 4 is 29.9 Å². The van der Waals surface area contributed by atoms with Crippen LogP contribution in [0, 0.1) is 0 Å². The Morgan fingerprint density at radius 3 is 2.60 bits per heavy atom. The van der Waals surface area contributed by atoms with Gasteiger partial charge in [-0.1, -0.05) is 12.1 Å². The summed E-state index contributed by atoms with van der Waals surface area (Å²) in [5, 5.41) is 5.65. The van der Waals surface area contributed by atoms with E-state index in [2.05, 4.69) is 10.6 Å². The molecule has 1 atom stereocenters. The van der Waals surface area contributed by atoms with Crippen LogP contribution < -0.4 is 16.4 Å². The summed E-state index contributed by atoms with van der Waals surface area (Å²) in [5.74, 6) is -0.319. The Kier molecular flexibility index (Phi) is 5.98. The lowest BCUT2D eigenvalue weighted by Crippen LogP contribution is -2.28. The number of amides is 2. The molecule has 0 heterocycles. The molecule has 1 aromatic rings. The van der Waals surface area contributed by atoms with Crippen LogP contribution in [0.2, 0.25) is 0 Å². The normalized spacial score (nSPS) is 14.9. The molecule has 1 fully saturated rings. The van der Waals surface area contributed by atoms with Gasteiger partial charge in [-0.3, -0.25) is 9.59 Å². The number of halogens is 1. The second kappa shape index (κ2) is 7.26. The highest BCUT2D eigenvalue weighted by Gasteiger charge is 2.24. The van der Waals surface area contributed by atoms with Crippen molar-refractivity contribution < 1.29 is 9.59 Å². The molecule has 0 radical (unpaired) electrons. The number of nitrogens with one attached hydrogen (secondary N) is 2. The minimum Gasteiger partial charge on any atom is -0.349 e. The van der Waals surface area contributed by atoms with E-state index in [1.54, 1.807) is 31.2 Å². The lowest BCUT2D eigenvalue weighted by molar-refractivity contribution is -0.116. The molecule has 1 saturated carbocycles. The molecule has 2 amide bonds. The summed E-state index contributed by atoms with van der Waals surface area (Å²) in [5.41, 5.74) is 6.61. The highest BCUT2D eigenvalue weighted by molar-refractivity contribution is 6.04. The van der Waals surface area contributed by atoms with Gasteiger partial charge in [0.05, 0.1) is 11.3 Å². The van der Waals surface area contributed by atoms with E-state index >= 15 is 0 Å². The van der Waals surface area contributed by atoms with Gasteiger partial charge in [-0.05, 0) is 31.9 Å². The number of para-hydroxylation sites is 1. The molecular weight excluding hydrogens is 278 g/mol. The first kappa shape index (κ1) is 16.5. The zero-order chi connectivity index (χ0) is 13.8. The van der Waals surface area contributed by atoms with E-state index in [4.69, 9.17) is 5.73 Å². The highest BCUT2D eigenvalue weighted by Crippen LogP contribution is 2.21. The van der Waals surface area contributed by atoms with Crippen LogP contribution in [-0.4, -0.2) is 23.9 Å². The fraction of sp³-hybridized carbons (Fsp3) is 0.429. The number of hydrogen-bond donors (Lipinski definition) is 3. The van der Waals surface area contributed by atoms with E-state index in [1.165, 1.54) is 0 Å². The van der Waals surface area contributed by atoms with Crippen molar-refractivity contribution in [3.05, 3.63) is 29.8 Å². The lowest BCUT2D eigenvalue weighted by atomic mass is 10.1. The van der Waals surface area contributed by atoms with E-state index in [0.29, 0.717) is 17.3 Å². The first-order chi connectivity index (χ1) is 9.06. The smallest absolute Gasteiger partial charge is 0.253 e. The zero-order valence-corrected chi connectivity index (χ0v) is 12.2. The van der Waals surface area contributed by atoms with Crippen molar-refractivity contribution in [2.24, 2.45) is 5.73 Å². The van der Waals surface area contributed by atoms with Crippen LogP contribution in [0.25, 0.3) is 0 Å². The van der Waals surface area contributed by atoms with Crippen LogP contribution in [0.15, 0.2) is 24.3 Å². The molecule has 1 aromatic carbocycles. The van der Waals surface area contributed by atoms with Crippen molar-refractivity contribution in [1.82, 2.24) is 5.32 Å². The third kappa shape index (κ3) is 4.83. The topological polar surface area (TPSA) is 84.2 Å². The fourth-order valence-electron chi connectivity index (χ4n) is 1.77. The van der Waals surface area contributed by atoms with Crippen molar-refractivity contribution in [3.8, 4) is 0 Å². The number of carbonyl (C=O) groups excluding carboxylic acids is 2. The Bertz CT molecular complexity index is 487. The molecule has 0 aromatic heterocycles. The lowest BCUT2D eigenvalue weighted by Gasteiger charge is -2.12. The molecule has 0 spiro atoms. The monoisotopic (exact) mass is 297 g/mol. The molecular formula is C14H20ClN3O2. The summed E-state index contributed by atoms with van der Waals surface area (Å²) in [6, 6.07) is 7.09. The van der Waals surface area contributed by atoms with E-state index in [-0.39, 0.29) is 36.7 Å². The summed E-state index contributed by atoms with van der Waals surface area (Å²) in [6.07, 6.45) is 2.30. The van der Waals surface area contributed by atoms with Gasteiger partial charge in [-0.2, -0.15) is 0 Å². The van der Waals surface area contributed by atoms with Gasteiger partial charge < -0.3 is 16.4 Å². The minimum absolute atomic E-state index is 0. The number of hydrogen-bond acceptors (Lipinski definition) is 3. The summed E-state index contributed by atoms with van der Waals surface area (Å²) in [7, 11) is 0. The summed E-state index contributed by atoms with van der Waals surface area (Å²) >= 11 is 0. The zero-order valence-electron chi connectivity index (χ0n) is 11.4. The van der Waals surface area contributed by atoms with Gasteiger partial charge in [0.2, 0.25) is 5.91 Å². The van der Waals surface area contributed by atoms with Gasteiger partial charge in [0, 0.05) is 18.5 Å².